The summed E-state index contributed by atoms with van der Waals surface area (Å²) in [6, 6.07) is 0. The Kier molecular flexibility index (Phi) is 4.46. The number of hydrogen-bond donors (Lipinski definition) is 2. The van der Waals surface area contributed by atoms with E-state index < -0.39 is 11.0 Å². The Balaban J connectivity index is 1.80. The summed E-state index contributed by atoms with van der Waals surface area (Å²) in [6.45, 7) is 2.55. The molecule has 8 nitrogen and oxygen atoms in total. The molecule has 1 aliphatic rings. The molecule has 2 atom stereocenters. The number of likely N-dealkylation sites (tertiary alicyclic amines) is 1. The molecule has 106 valence electrons. The minimum Gasteiger partial charge on any atom is -0.396 e. The van der Waals surface area contributed by atoms with E-state index >= 15 is 0 Å². The Hall–Kier alpha value is -1.51. The topological polar surface area (TPSA) is 105 Å². The zero-order chi connectivity index (χ0) is 13.8. The molecule has 2 N–H and O–H groups in total. The van der Waals surface area contributed by atoms with Crippen LogP contribution in [-0.2, 0) is 6.54 Å². The molecular weight excluding hydrogens is 252 g/mol. The van der Waals surface area contributed by atoms with E-state index in [9.17, 15) is 15.2 Å². The number of aliphatic hydroxyl groups is 2. The first kappa shape index (κ1) is 13.9. The van der Waals surface area contributed by atoms with Crippen LogP contribution in [0.15, 0.2) is 12.4 Å². The van der Waals surface area contributed by atoms with E-state index in [2.05, 4.69) is 10.00 Å². The molecule has 0 radical (unpaired) electrons. The number of rotatable bonds is 6. The van der Waals surface area contributed by atoms with Gasteiger partial charge in [0.05, 0.1) is 17.6 Å². The molecule has 0 spiro atoms. The van der Waals surface area contributed by atoms with E-state index in [1.807, 2.05) is 0 Å². The highest BCUT2D eigenvalue weighted by molar-refractivity contribution is 5.20. The molecule has 1 aromatic rings. The maximum absolute atomic E-state index is 10.5. The Morgan fingerprint density at radius 1 is 1.58 bits per heavy atom. The van der Waals surface area contributed by atoms with Crippen LogP contribution in [0.4, 0.5) is 5.69 Å². The van der Waals surface area contributed by atoms with Crippen molar-refractivity contribution in [1.82, 2.24) is 14.7 Å². The van der Waals surface area contributed by atoms with Gasteiger partial charge in [0.2, 0.25) is 0 Å². The Morgan fingerprint density at radius 2 is 2.37 bits per heavy atom. The fourth-order valence-corrected chi connectivity index (χ4v) is 2.35. The molecule has 8 heteroatoms. The van der Waals surface area contributed by atoms with Gasteiger partial charge in [-0.1, -0.05) is 0 Å². The van der Waals surface area contributed by atoms with Crippen LogP contribution in [0.3, 0.4) is 0 Å². The molecule has 2 heterocycles. The smallest absolute Gasteiger partial charge is 0.306 e. The molecule has 0 amide bonds. The Morgan fingerprint density at radius 3 is 2.95 bits per heavy atom. The predicted molar refractivity (Wildman–Crippen MR) is 66.5 cm³/mol. The van der Waals surface area contributed by atoms with Crippen molar-refractivity contribution >= 4 is 5.69 Å². The van der Waals surface area contributed by atoms with Gasteiger partial charge in [-0.25, -0.2) is 0 Å². The van der Waals surface area contributed by atoms with Crippen molar-refractivity contribution < 1.29 is 15.1 Å². The molecule has 2 rings (SSSR count). The second-order valence-corrected chi connectivity index (χ2v) is 4.93. The first-order valence-electron chi connectivity index (χ1n) is 6.26. The van der Waals surface area contributed by atoms with Gasteiger partial charge < -0.3 is 15.1 Å². The average Bonchev–Trinajstić information content (AvgIpc) is 2.98. The second kappa shape index (κ2) is 6.09. The quantitative estimate of drug-likeness (QED) is 0.531. The summed E-state index contributed by atoms with van der Waals surface area (Å²) >= 11 is 0. The SMILES string of the molecule is O=[N+]([O-])c1cnn(CC(O)CN2CCC(CO)C2)c1. The van der Waals surface area contributed by atoms with Gasteiger partial charge in [0.1, 0.15) is 12.4 Å². The molecule has 1 aromatic heterocycles. The summed E-state index contributed by atoms with van der Waals surface area (Å²) in [5, 5.41) is 33.3. The number of nitrogens with zero attached hydrogens (tertiary/aromatic N) is 4. The van der Waals surface area contributed by atoms with Gasteiger partial charge in [-0.15, -0.1) is 0 Å². The minimum absolute atomic E-state index is 0.0753. The standard InChI is InChI=1S/C11H18N4O4/c16-8-9-1-2-13(4-9)6-11(17)7-14-5-10(3-12-14)15(18)19/h3,5,9,11,16-17H,1-2,4,6-8H2. The fourth-order valence-electron chi connectivity index (χ4n) is 2.35. The third-order valence-corrected chi connectivity index (χ3v) is 3.33. The second-order valence-electron chi connectivity index (χ2n) is 4.93. The van der Waals surface area contributed by atoms with Crippen LogP contribution >= 0.6 is 0 Å². The first-order valence-corrected chi connectivity index (χ1v) is 6.26. The minimum atomic E-state index is -0.628. The number of nitro groups is 1. The van der Waals surface area contributed by atoms with E-state index in [1.165, 1.54) is 17.1 Å². The predicted octanol–water partition coefficient (Wildman–Crippen LogP) is -0.534. The summed E-state index contributed by atoms with van der Waals surface area (Å²) in [5.41, 5.74) is -0.0753. The highest BCUT2D eigenvalue weighted by Crippen LogP contribution is 2.16. The van der Waals surface area contributed by atoms with E-state index in [0.29, 0.717) is 6.54 Å². The molecule has 1 aliphatic heterocycles. The number of aromatic nitrogens is 2. The molecule has 19 heavy (non-hydrogen) atoms. The maximum Gasteiger partial charge on any atom is 0.306 e. The van der Waals surface area contributed by atoms with Gasteiger partial charge in [0.15, 0.2) is 0 Å². The fraction of sp³-hybridized carbons (Fsp3) is 0.727. The lowest BCUT2D eigenvalue weighted by Crippen LogP contribution is -2.33. The lowest BCUT2D eigenvalue weighted by molar-refractivity contribution is -0.385. The lowest BCUT2D eigenvalue weighted by Gasteiger charge is -2.19. The van der Waals surface area contributed by atoms with Crippen molar-refractivity contribution in [2.75, 3.05) is 26.2 Å². The molecule has 1 fully saturated rings. The molecular formula is C11H18N4O4. The highest BCUT2D eigenvalue weighted by atomic mass is 16.6. The number of aliphatic hydroxyl groups excluding tert-OH is 2. The maximum atomic E-state index is 10.5. The van der Waals surface area contributed by atoms with Gasteiger partial charge in [-0.2, -0.15) is 5.10 Å². The molecule has 1 saturated heterocycles. The van der Waals surface area contributed by atoms with Crippen molar-refractivity contribution in [1.29, 1.82) is 0 Å². The molecule has 0 aliphatic carbocycles. The zero-order valence-corrected chi connectivity index (χ0v) is 10.6. The summed E-state index contributed by atoms with van der Waals surface area (Å²) in [6.07, 6.45) is 2.79. The van der Waals surface area contributed by atoms with Crippen LogP contribution < -0.4 is 0 Å². The van der Waals surface area contributed by atoms with Gasteiger partial charge in [0.25, 0.3) is 0 Å². The van der Waals surface area contributed by atoms with Gasteiger partial charge in [-0.05, 0) is 18.9 Å². The number of β-amino-alcohol motifs (C(OH)–C–C–N with tert-alkyl or cyclic N) is 1. The number of hydrogen-bond acceptors (Lipinski definition) is 6. The third kappa shape index (κ3) is 3.72. The van der Waals surface area contributed by atoms with Crippen LogP contribution in [0.5, 0.6) is 0 Å². The Bertz CT molecular complexity index is 436. The monoisotopic (exact) mass is 270 g/mol. The molecule has 2 unspecified atom stereocenters. The van der Waals surface area contributed by atoms with Crippen molar-refractivity contribution in [2.24, 2.45) is 5.92 Å². The van der Waals surface area contributed by atoms with E-state index in [-0.39, 0.29) is 24.8 Å². The summed E-state index contributed by atoms with van der Waals surface area (Å²) in [7, 11) is 0. The zero-order valence-electron chi connectivity index (χ0n) is 10.6. The van der Waals surface area contributed by atoms with Crippen LogP contribution in [0.2, 0.25) is 0 Å². The summed E-state index contributed by atoms with van der Waals surface area (Å²) in [5.74, 6) is 0.290. The van der Waals surface area contributed by atoms with Gasteiger partial charge in [-0.3, -0.25) is 14.8 Å². The average molecular weight is 270 g/mol. The Labute approximate surface area is 110 Å². The van der Waals surface area contributed by atoms with Crippen molar-refractivity contribution in [3.05, 3.63) is 22.5 Å². The van der Waals surface area contributed by atoms with Crippen LogP contribution in [0, 0.1) is 16.0 Å². The van der Waals surface area contributed by atoms with Crippen LogP contribution in [-0.4, -0.2) is 62.2 Å². The first-order chi connectivity index (χ1) is 9.08. The van der Waals surface area contributed by atoms with Gasteiger partial charge >= 0.3 is 5.69 Å². The van der Waals surface area contributed by atoms with E-state index in [0.717, 1.165) is 19.5 Å². The molecule has 0 saturated carbocycles. The van der Waals surface area contributed by atoms with Crippen molar-refractivity contribution in [2.45, 2.75) is 19.1 Å². The third-order valence-electron chi connectivity index (χ3n) is 3.33. The molecule has 0 aromatic carbocycles. The summed E-state index contributed by atoms with van der Waals surface area (Å²) in [4.78, 5) is 12.1. The van der Waals surface area contributed by atoms with Crippen molar-refractivity contribution in [3.8, 4) is 0 Å². The van der Waals surface area contributed by atoms with Crippen LogP contribution in [0.25, 0.3) is 0 Å². The highest BCUT2D eigenvalue weighted by Gasteiger charge is 2.23. The summed E-state index contributed by atoms with van der Waals surface area (Å²) < 4.78 is 1.38. The van der Waals surface area contributed by atoms with Crippen molar-refractivity contribution in [3.63, 3.8) is 0 Å². The van der Waals surface area contributed by atoms with Gasteiger partial charge in [0, 0.05) is 19.7 Å². The van der Waals surface area contributed by atoms with E-state index in [4.69, 9.17) is 5.11 Å². The normalized spacial score (nSPS) is 21.7. The van der Waals surface area contributed by atoms with E-state index in [1.54, 1.807) is 0 Å². The largest absolute Gasteiger partial charge is 0.396 e. The van der Waals surface area contributed by atoms with Crippen LogP contribution in [0.1, 0.15) is 6.42 Å². The lowest BCUT2D eigenvalue weighted by atomic mass is 10.1. The molecule has 0 bridgehead atoms.